The first kappa shape index (κ1) is 23.7. The summed E-state index contributed by atoms with van der Waals surface area (Å²) in [6.45, 7) is 2.15. The van der Waals surface area contributed by atoms with Crippen molar-refractivity contribution in [3.05, 3.63) is 166 Å². The van der Waals surface area contributed by atoms with Crippen molar-refractivity contribution in [3.8, 4) is 11.8 Å². The Morgan fingerprint density at radius 3 is 2.32 bits per heavy atom. The smallest absolute Gasteiger partial charge is 0.0991 e. The van der Waals surface area contributed by atoms with E-state index in [1.54, 1.807) is 0 Å². The summed E-state index contributed by atoms with van der Waals surface area (Å²) < 4.78 is 2.37. The number of aromatic nitrogens is 1. The highest BCUT2D eigenvalue weighted by molar-refractivity contribution is 6.10. The van der Waals surface area contributed by atoms with Crippen LogP contribution in [0.1, 0.15) is 46.2 Å². The van der Waals surface area contributed by atoms with Crippen molar-refractivity contribution < 1.29 is 0 Å². The third-order valence-corrected chi connectivity index (χ3v) is 9.06. The zero-order valence-electron chi connectivity index (χ0n) is 22.9. The van der Waals surface area contributed by atoms with Crippen molar-refractivity contribution in [1.29, 1.82) is 5.26 Å². The Morgan fingerprint density at radius 1 is 0.732 bits per heavy atom. The minimum Gasteiger partial charge on any atom is -0.309 e. The van der Waals surface area contributed by atoms with E-state index >= 15 is 0 Å². The summed E-state index contributed by atoms with van der Waals surface area (Å²) in [4.78, 5) is 0. The highest BCUT2D eigenvalue weighted by Gasteiger charge is 2.47. The Morgan fingerprint density at radius 2 is 1.49 bits per heavy atom. The molecule has 2 aliphatic rings. The largest absolute Gasteiger partial charge is 0.309 e. The second-order valence-corrected chi connectivity index (χ2v) is 11.2. The Bertz CT molecular complexity index is 2100. The predicted molar refractivity (Wildman–Crippen MR) is 168 cm³/mol. The number of fused-ring (bicyclic) bond motifs is 5. The minimum absolute atomic E-state index is 0.465. The van der Waals surface area contributed by atoms with E-state index in [1.165, 1.54) is 60.8 Å². The van der Waals surface area contributed by atoms with E-state index in [1.807, 2.05) is 6.07 Å². The molecule has 0 N–H and O–H groups in total. The number of allylic oxidation sites excluding steroid dienone is 4. The lowest BCUT2D eigenvalue weighted by atomic mass is 9.66. The molecule has 2 aliphatic carbocycles. The number of hydrogen-bond acceptors (Lipinski definition) is 1. The van der Waals surface area contributed by atoms with Crippen LogP contribution >= 0.6 is 0 Å². The lowest BCUT2D eigenvalue weighted by molar-refractivity contribution is 0.757. The summed E-state index contributed by atoms with van der Waals surface area (Å²) in [6, 6.07) is 44.2. The molecule has 0 bridgehead atoms. The standard InChI is InChI=1S/C39H28N2/c1-26-15-18-28(19-16-26)39(35-13-7-5-11-31(35)33-23-27(25-40)17-21-36(33)39)29-20-22-38-34(24-29)32-12-6-8-14-37(32)41(38)30-9-3-2-4-10-30/h2-4,6-10,12-24H,5,11H2,1H3. The van der Waals surface area contributed by atoms with E-state index in [0.717, 1.165) is 18.5 Å². The summed E-state index contributed by atoms with van der Waals surface area (Å²) in [6.07, 6.45) is 6.67. The van der Waals surface area contributed by atoms with Crippen LogP contribution in [0.2, 0.25) is 0 Å². The Kier molecular flexibility index (Phi) is 5.18. The fourth-order valence-electron chi connectivity index (χ4n) is 7.28. The molecule has 194 valence electrons. The number of nitrogens with zero attached hydrogens (tertiary/aromatic N) is 2. The quantitative estimate of drug-likeness (QED) is 0.227. The summed E-state index contributed by atoms with van der Waals surface area (Å²) in [5.74, 6) is 0. The van der Waals surface area contributed by atoms with Gasteiger partial charge in [0.25, 0.3) is 0 Å². The molecule has 0 spiro atoms. The molecule has 6 aromatic rings. The van der Waals surface area contributed by atoms with Gasteiger partial charge in [0.1, 0.15) is 0 Å². The SMILES string of the molecule is Cc1ccc(C2(c3ccc4c(c3)c3ccccc3n4-c3ccccc3)C3=C(CCC=C3)c3cc(C#N)ccc32)cc1. The molecular weight excluding hydrogens is 496 g/mol. The van der Waals surface area contributed by atoms with Crippen molar-refractivity contribution in [3.63, 3.8) is 0 Å². The molecule has 1 unspecified atom stereocenters. The molecule has 8 rings (SSSR count). The van der Waals surface area contributed by atoms with Crippen molar-refractivity contribution >= 4 is 27.4 Å². The second-order valence-electron chi connectivity index (χ2n) is 11.2. The van der Waals surface area contributed by atoms with Crippen molar-refractivity contribution in [2.45, 2.75) is 25.2 Å². The maximum atomic E-state index is 9.79. The fourth-order valence-corrected chi connectivity index (χ4v) is 7.28. The van der Waals surface area contributed by atoms with Crippen LogP contribution in [0.4, 0.5) is 0 Å². The van der Waals surface area contributed by atoms with Gasteiger partial charge in [0, 0.05) is 16.5 Å². The van der Waals surface area contributed by atoms with E-state index in [-0.39, 0.29) is 0 Å². The van der Waals surface area contributed by atoms with Gasteiger partial charge in [0.2, 0.25) is 0 Å². The van der Waals surface area contributed by atoms with Crippen LogP contribution in [0.15, 0.2) is 133 Å². The zero-order valence-corrected chi connectivity index (χ0v) is 22.9. The highest BCUT2D eigenvalue weighted by Crippen LogP contribution is 2.57. The average Bonchev–Trinajstić information content (AvgIpc) is 3.52. The predicted octanol–water partition coefficient (Wildman–Crippen LogP) is 9.42. The van der Waals surface area contributed by atoms with Gasteiger partial charge in [-0.2, -0.15) is 5.26 Å². The van der Waals surface area contributed by atoms with Gasteiger partial charge in [-0.05, 0) is 95.6 Å². The van der Waals surface area contributed by atoms with Gasteiger partial charge in [0.15, 0.2) is 0 Å². The van der Waals surface area contributed by atoms with E-state index in [2.05, 4.69) is 139 Å². The third-order valence-electron chi connectivity index (χ3n) is 9.06. The van der Waals surface area contributed by atoms with E-state index < -0.39 is 5.41 Å². The van der Waals surface area contributed by atoms with Crippen LogP contribution in [0.3, 0.4) is 0 Å². The van der Waals surface area contributed by atoms with Crippen LogP contribution < -0.4 is 0 Å². The van der Waals surface area contributed by atoms with Crippen molar-refractivity contribution in [2.24, 2.45) is 0 Å². The van der Waals surface area contributed by atoms with Gasteiger partial charge in [0.05, 0.1) is 28.1 Å². The summed E-state index contributed by atoms with van der Waals surface area (Å²) in [5.41, 5.74) is 12.8. The molecule has 0 saturated heterocycles. The van der Waals surface area contributed by atoms with Crippen molar-refractivity contribution in [1.82, 2.24) is 4.57 Å². The topological polar surface area (TPSA) is 28.7 Å². The van der Waals surface area contributed by atoms with Crippen molar-refractivity contribution in [2.75, 3.05) is 0 Å². The summed E-state index contributed by atoms with van der Waals surface area (Å²) in [7, 11) is 0. The molecule has 0 radical (unpaired) electrons. The number of hydrogen-bond donors (Lipinski definition) is 0. The number of nitriles is 1. The van der Waals surface area contributed by atoms with Crippen LogP contribution in [0, 0.1) is 18.3 Å². The van der Waals surface area contributed by atoms with Crippen LogP contribution in [-0.4, -0.2) is 4.57 Å². The molecule has 0 fully saturated rings. The summed E-state index contributed by atoms with van der Waals surface area (Å²) >= 11 is 0. The van der Waals surface area contributed by atoms with Crippen LogP contribution in [0.5, 0.6) is 0 Å². The number of rotatable bonds is 3. The van der Waals surface area contributed by atoms with E-state index in [4.69, 9.17) is 0 Å². The average molecular weight is 525 g/mol. The third kappa shape index (κ3) is 3.30. The molecule has 41 heavy (non-hydrogen) atoms. The lowest BCUT2D eigenvalue weighted by Crippen LogP contribution is -2.29. The highest BCUT2D eigenvalue weighted by atomic mass is 15.0. The van der Waals surface area contributed by atoms with E-state index in [0.29, 0.717) is 5.56 Å². The molecule has 5 aromatic carbocycles. The normalized spacial score (nSPS) is 17.6. The molecule has 0 aliphatic heterocycles. The van der Waals surface area contributed by atoms with Crippen LogP contribution in [-0.2, 0) is 5.41 Å². The van der Waals surface area contributed by atoms with Gasteiger partial charge < -0.3 is 4.57 Å². The van der Waals surface area contributed by atoms with Gasteiger partial charge in [-0.1, -0.05) is 90.5 Å². The molecule has 0 saturated carbocycles. The monoisotopic (exact) mass is 524 g/mol. The maximum Gasteiger partial charge on any atom is 0.0991 e. The fraction of sp³-hybridized carbons (Fsp3) is 0.103. The Labute approximate surface area is 240 Å². The maximum absolute atomic E-state index is 9.79. The van der Waals surface area contributed by atoms with Gasteiger partial charge >= 0.3 is 0 Å². The number of aryl methyl sites for hydroxylation is 1. The Hall–Kier alpha value is -5.13. The zero-order chi connectivity index (χ0) is 27.6. The lowest BCUT2D eigenvalue weighted by Gasteiger charge is -2.35. The van der Waals surface area contributed by atoms with Gasteiger partial charge in [-0.25, -0.2) is 0 Å². The van der Waals surface area contributed by atoms with Crippen LogP contribution in [0.25, 0.3) is 33.1 Å². The molecule has 2 nitrogen and oxygen atoms in total. The second kappa shape index (κ2) is 8.95. The van der Waals surface area contributed by atoms with Gasteiger partial charge in [-0.3, -0.25) is 0 Å². The number of benzene rings is 5. The molecule has 1 aromatic heterocycles. The minimum atomic E-state index is -0.465. The Balaban J connectivity index is 1.49. The van der Waals surface area contributed by atoms with Gasteiger partial charge in [-0.15, -0.1) is 0 Å². The summed E-state index contributed by atoms with van der Waals surface area (Å²) in [5, 5.41) is 12.3. The molecule has 1 heterocycles. The molecule has 0 amide bonds. The van der Waals surface area contributed by atoms with E-state index in [9.17, 15) is 5.26 Å². The molecule has 1 atom stereocenters. The molecular formula is C39H28N2. The first-order chi connectivity index (χ1) is 20.2. The number of para-hydroxylation sites is 2. The first-order valence-electron chi connectivity index (χ1n) is 14.3. The molecule has 2 heteroatoms. The first-order valence-corrected chi connectivity index (χ1v) is 14.3.